The quantitative estimate of drug-likeness (QED) is 0.598. The number of hydrogen-bond donors (Lipinski definition) is 0. The molecule has 0 N–H and O–H groups in total. The zero-order valence-corrected chi connectivity index (χ0v) is 6.87. The SMILES string of the molecule is CC(C)C(=O)[13c]1[13cH][13cH][13cH][13cH][13cH]1. The van der Waals surface area contributed by atoms with E-state index in [1.54, 1.807) is 0 Å². The second-order valence-corrected chi connectivity index (χ2v) is 2.88. The Morgan fingerprint density at radius 1 is 1.18 bits per heavy atom. The molecule has 1 nitrogen and oxygen atoms in total. The summed E-state index contributed by atoms with van der Waals surface area (Å²) in [5, 5.41) is 0. The van der Waals surface area contributed by atoms with Gasteiger partial charge in [-0.2, -0.15) is 0 Å². The highest BCUT2D eigenvalue weighted by molar-refractivity contribution is 5.97. The van der Waals surface area contributed by atoms with E-state index in [0.717, 1.165) is 5.56 Å². The predicted octanol–water partition coefficient (Wildman–Crippen LogP) is 2.53. The third-order valence-corrected chi connectivity index (χ3v) is 1.58. The van der Waals surface area contributed by atoms with Crippen molar-refractivity contribution < 1.29 is 4.79 Å². The molecule has 0 fully saturated rings. The van der Waals surface area contributed by atoms with Crippen molar-refractivity contribution in [3.05, 3.63) is 35.9 Å². The highest BCUT2D eigenvalue weighted by Gasteiger charge is 2.08. The van der Waals surface area contributed by atoms with Crippen LogP contribution in [0.5, 0.6) is 0 Å². The summed E-state index contributed by atoms with van der Waals surface area (Å²) in [6, 6.07) is 9.38. The van der Waals surface area contributed by atoms with E-state index in [1.807, 2.05) is 44.2 Å². The largest absolute Gasteiger partial charge is 0.294 e. The van der Waals surface area contributed by atoms with Crippen molar-refractivity contribution in [1.82, 2.24) is 0 Å². The number of hydrogen-bond acceptors (Lipinski definition) is 1. The van der Waals surface area contributed by atoms with Gasteiger partial charge in [0.1, 0.15) is 0 Å². The highest BCUT2D eigenvalue weighted by atomic mass is 16.1. The van der Waals surface area contributed by atoms with Crippen LogP contribution in [0.3, 0.4) is 0 Å². The lowest BCUT2D eigenvalue weighted by Gasteiger charge is -2.01. The number of benzene rings is 1. The van der Waals surface area contributed by atoms with Crippen LogP contribution in [0.2, 0.25) is 0 Å². The lowest BCUT2D eigenvalue weighted by molar-refractivity contribution is 0.0939. The van der Waals surface area contributed by atoms with Crippen molar-refractivity contribution in [2.24, 2.45) is 5.92 Å². The van der Waals surface area contributed by atoms with E-state index in [4.69, 9.17) is 0 Å². The Labute approximate surface area is 67.1 Å². The van der Waals surface area contributed by atoms with Crippen LogP contribution < -0.4 is 0 Å². The summed E-state index contributed by atoms with van der Waals surface area (Å²) in [4.78, 5) is 11.3. The number of Topliss-reactive ketones (excluding diaryl/α,β-unsaturated/α-hetero) is 1. The highest BCUT2D eigenvalue weighted by Crippen LogP contribution is 2.06. The van der Waals surface area contributed by atoms with E-state index in [9.17, 15) is 4.79 Å². The number of carbonyl (C=O) groups is 1. The first-order chi connectivity index (χ1) is 5.22. The molecule has 1 heteroatoms. The first kappa shape index (κ1) is 7.99. The molecule has 0 saturated carbocycles. The maximum atomic E-state index is 11.3. The first-order valence-corrected chi connectivity index (χ1v) is 3.81. The van der Waals surface area contributed by atoms with Gasteiger partial charge in [0.25, 0.3) is 0 Å². The third-order valence-electron chi connectivity index (χ3n) is 1.58. The summed E-state index contributed by atoms with van der Waals surface area (Å²) in [5.41, 5.74) is 0.808. The fraction of sp³-hybridized carbons (Fsp3) is 0.300. The summed E-state index contributed by atoms with van der Waals surface area (Å²) < 4.78 is 0. The number of ketones is 1. The van der Waals surface area contributed by atoms with Crippen molar-refractivity contribution >= 4 is 5.78 Å². The second-order valence-electron chi connectivity index (χ2n) is 2.88. The lowest BCUT2D eigenvalue weighted by Crippen LogP contribution is -2.06. The van der Waals surface area contributed by atoms with Gasteiger partial charge in [-0.1, -0.05) is 44.2 Å². The summed E-state index contributed by atoms with van der Waals surface area (Å²) in [6.45, 7) is 3.82. The maximum absolute atomic E-state index is 11.3. The molecule has 0 spiro atoms. The van der Waals surface area contributed by atoms with Crippen LogP contribution in [0.1, 0.15) is 24.2 Å². The van der Waals surface area contributed by atoms with Crippen LogP contribution in [0.25, 0.3) is 0 Å². The molecule has 58 valence electrons. The Morgan fingerprint density at radius 2 is 1.73 bits per heavy atom. The second kappa shape index (κ2) is 3.33. The standard InChI is InChI=1S/C10H12O/c1-8(2)10(11)9-6-4-3-5-7-9/h3-8H,1-2H3/i3+1,4+1,5+1,6+1,7+1,9+1. The van der Waals surface area contributed by atoms with Crippen LogP contribution in [-0.2, 0) is 0 Å². The molecule has 1 aromatic rings. The summed E-state index contributed by atoms with van der Waals surface area (Å²) in [6.07, 6.45) is 0. The van der Waals surface area contributed by atoms with E-state index in [1.165, 1.54) is 0 Å². The topological polar surface area (TPSA) is 17.1 Å². The minimum Gasteiger partial charge on any atom is -0.294 e. The Balaban J connectivity index is 2.86. The molecule has 0 aromatic heterocycles. The van der Waals surface area contributed by atoms with Crippen molar-refractivity contribution in [2.75, 3.05) is 0 Å². The number of carbonyl (C=O) groups excluding carboxylic acids is 1. The van der Waals surface area contributed by atoms with E-state index < -0.39 is 0 Å². The molecule has 0 unspecified atom stereocenters. The van der Waals surface area contributed by atoms with Crippen molar-refractivity contribution in [2.45, 2.75) is 13.8 Å². The van der Waals surface area contributed by atoms with Gasteiger partial charge in [0.2, 0.25) is 0 Å². The molecule has 0 radical (unpaired) electrons. The van der Waals surface area contributed by atoms with E-state index in [0.29, 0.717) is 0 Å². The van der Waals surface area contributed by atoms with Crippen LogP contribution in [0.4, 0.5) is 0 Å². The first-order valence-electron chi connectivity index (χ1n) is 3.81. The van der Waals surface area contributed by atoms with Crippen LogP contribution >= 0.6 is 0 Å². The van der Waals surface area contributed by atoms with E-state index in [2.05, 4.69) is 0 Å². The molecular weight excluding hydrogens is 142 g/mol. The summed E-state index contributed by atoms with van der Waals surface area (Å²) >= 11 is 0. The minimum absolute atomic E-state index is 0.0948. The van der Waals surface area contributed by atoms with Crippen LogP contribution in [-0.4, -0.2) is 5.78 Å². The molecule has 1 rings (SSSR count). The van der Waals surface area contributed by atoms with Crippen molar-refractivity contribution in [1.29, 1.82) is 0 Å². The fourth-order valence-corrected chi connectivity index (χ4v) is 0.936. The molecule has 0 bridgehead atoms. The molecule has 0 atom stereocenters. The number of rotatable bonds is 2. The van der Waals surface area contributed by atoms with Gasteiger partial charge in [-0.25, -0.2) is 0 Å². The van der Waals surface area contributed by atoms with E-state index in [-0.39, 0.29) is 11.7 Å². The Hall–Kier alpha value is -1.11. The van der Waals surface area contributed by atoms with Gasteiger partial charge in [0.15, 0.2) is 5.78 Å². The van der Waals surface area contributed by atoms with Crippen molar-refractivity contribution in [3.8, 4) is 0 Å². The average Bonchev–Trinajstić information content (AvgIpc) is 2.05. The maximum Gasteiger partial charge on any atom is 0.165 e. The molecule has 0 aliphatic carbocycles. The lowest BCUT2D eigenvalue weighted by atomic mass is 10.2. The predicted molar refractivity (Wildman–Crippen MR) is 45.6 cm³/mol. The van der Waals surface area contributed by atoms with Gasteiger partial charge < -0.3 is 0 Å². The van der Waals surface area contributed by atoms with Gasteiger partial charge >= 0.3 is 0 Å². The molecule has 0 aliphatic rings. The Morgan fingerprint density at radius 3 is 2.18 bits per heavy atom. The zero-order valence-electron chi connectivity index (χ0n) is 6.87. The van der Waals surface area contributed by atoms with Crippen molar-refractivity contribution in [3.63, 3.8) is 0 Å². The molecule has 0 aliphatic heterocycles. The van der Waals surface area contributed by atoms with Crippen LogP contribution in [0.15, 0.2) is 30.3 Å². The van der Waals surface area contributed by atoms with E-state index >= 15 is 0 Å². The molecule has 0 amide bonds. The average molecular weight is 154 g/mol. The molecule has 1 aromatic carbocycles. The normalized spacial score (nSPS) is 10.1. The van der Waals surface area contributed by atoms with Gasteiger partial charge in [0, 0.05) is 11.5 Å². The fourth-order valence-electron chi connectivity index (χ4n) is 0.936. The molecule has 0 saturated heterocycles. The molecule has 0 heterocycles. The van der Waals surface area contributed by atoms with Gasteiger partial charge in [-0.05, 0) is 0 Å². The Kier molecular flexibility index (Phi) is 2.42. The van der Waals surface area contributed by atoms with Crippen LogP contribution in [0, 0.1) is 5.92 Å². The van der Waals surface area contributed by atoms with Gasteiger partial charge in [-0.3, -0.25) is 4.79 Å². The van der Waals surface area contributed by atoms with Gasteiger partial charge in [-0.15, -0.1) is 0 Å². The Bertz CT molecular complexity index is 236. The molecule has 11 heavy (non-hydrogen) atoms. The monoisotopic (exact) mass is 154 g/mol. The zero-order chi connectivity index (χ0) is 8.27. The van der Waals surface area contributed by atoms with Gasteiger partial charge in [0.05, 0.1) is 0 Å². The molecular formula is C10H12O. The minimum atomic E-state index is 0.0948. The summed E-state index contributed by atoms with van der Waals surface area (Å²) in [7, 11) is 0. The third kappa shape index (κ3) is 1.90. The smallest absolute Gasteiger partial charge is 0.165 e. The summed E-state index contributed by atoms with van der Waals surface area (Å²) in [5.74, 6) is 0.308.